The van der Waals surface area contributed by atoms with Crippen molar-refractivity contribution in [2.24, 2.45) is 0 Å². The fourth-order valence-corrected chi connectivity index (χ4v) is 1.99. The standard InChI is InChI=1S/C12H13Cl2FN2O3/c1-2-3-9(11(18)19)17-12(20)16-6-4-7(13)10(15)8(14)5-6/h4-5,9H,2-3H2,1H3,(H,18,19)(H2,16,17,20)/t9-/m1/s1. The largest absolute Gasteiger partial charge is 0.480 e. The Hall–Kier alpha value is -1.53. The third-order valence-electron chi connectivity index (χ3n) is 2.42. The van der Waals surface area contributed by atoms with Gasteiger partial charge in [0, 0.05) is 5.69 Å². The number of carbonyl (C=O) groups is 2. The molecule has 20 heavy (non-hydrogen) atoms. The Morgan fingerprint density at radius 1 is 1.35 bits per heavy atom. The number of urea groups is 1. The Morgan fingerprint density at radius 2 is 1.90 bits per heavy atom. The highest BCUT2D eigenvalue weighted by atomic mass is 35.5. The van der Waals surface area contributed by atoms with Gasteiger partial charge < -0.3 is 15.7 Å². The van der Waals surface area contributed by atoms with Crippen molar-refractivity contribution in [1.29, 1.82) is 0 Å². The summed E-state index contributed by atoms with van der Waals surface area (Å²) in [5, 5.41) is 13.1. The number of rotatable bonds is 5. The average Bonchev–Trinajstić information content (AvgIpc) is 2.35. The molecule has 0 radical (unpaired) electrons. The van der Waals surface area contributed by atoms with Gasteiger partial charge in [0.1, 0.15) is 6.04 Å². The number of carbonyl (C=O) groups excluding carboxylic acids is 1. The van der Waals surface area contributed by atoms with Gasteiger partial charge in [-0.05, 0) is 18.6 Å². The molecule has 0 heterocycles. The van der Waals surface area contributed by atoms with Gasteiger partial charge in [0.05, 0.1) is 10.0 Å². The number of carboxylic acid groups (broad SMARTS) is 1. The van der Waals surface area contributed by atoms with E-state index in [-0.39, 0.29) is 15.7 Å². The van der Waals surface area contributed by atoms with Gasteiger partial charge in [0.25, 0.3) is 0 Å². The number of benzene rings is 1. The van der Waals surface area contributed by atoms with Gasteiger partial charge in [0.2, 0.25) is 0 Å². The van der Waals surface area contributed by atoms with E-state index < -0.39 is 23.9 Å². The minimum atomic E-state index is -1.13. The highest BCUT2D eigenvalue weighted by molar-refractivity contribution is 6.35. The van der Waals surface area contributed by atoms with Crippen LogP contribution in [0, 0.1) is 5.82 Å². The van der Waals surface area contributed by atoms with Gasteiger partial charge >= 0.3 is 12.0 Å². The Kier molecular flexibility index (Phi) is 6.04. The van der Waals surface area contributed by atoms with E-state index in [2.05, 4.69) is 10.6 Å². The van der Waals surface area contributed by atoms with Crippen LogP contribution < -0.4 is 10.6 Å². The van der Waals surface area contributed by atoms with Crippen LogP contribution in [0.4, 0.5) is 14.9 Å². The number of nitrogens with one attached hydrogen (secondary N) is 2. The number of carboxylic acids is 1. The van der Waals surface area contributed by atoms with Crippen molar-refractivity contribution in [2.75, 3.05) is 5.32 Å². The molecule has 0 fully saturated rings. The van der Waals surface area contributed by atoms with Crippen LogP contribution in [0.5, 0.6) is 0 Å². The summed E-state index contributed by atoms with van der Waals surface area (Å²) in [5.74, 6) is -1.91. The van der Waals surface area contributed by atoms with E-state index in [9.17, 15) is 14.0 Å². The lowest BCUT2D eigenvalue weighted by Crippen LogP contribution is -2.42. The van der Waals surface area contributed by atoms with Gasteiger partial charge in [-0.15, -0.1) is 0 Å². The van der Waals surface area contributed by atoms with Crippen LogP contribution in [0.3, 0.4) is 0 Å². The maximum absolute atomic E-state index is 13.2. The number of anilines is 1. The second-order valence-electron chi connectivity index (χ2n) is 4.03. The van der Waals surface area contributed by atoms with Gasteiger partial charge in [0.15, 0.2) is 5.82 Å². The summed E-state index contributed by atoms with van der Waals surface area (Å²) < 4.78 is 13.2. The van der Waals surface area contributed by atoms with Crippen LogP contribution in [0.25, 0.3) is 0 Å². The van der Waals surface area contributed by atoms with E-state index in [0.29, 0.717) is 12.8 Å². The monoisotopic (exact) mass is 322 g/mol. The highest BCUT2D eigenvalue weighted by Crippen LogP contribution is 2.27. The molecule has 0 aromatic heterocycles. The molecule has 3 N–H and O–H groups in total. The summed E-state index contributed by atoms with van der Waals surface area (Å²) in [5.41, 5.74) is 0.166. The predicted octanol–water partition coefficient (Wildman–Crippen LogP) is 3.51. The Labute approximate surface area is 125 Å². The molecular weight excluding hydrogens is 310 g/mol. The number of amides is 2. The van der Waals surface area contributed by atoms with Crippen molar-refractivity contribution in [3.05, 3.63) is 28.0 Å². The first-order valence-corrected chi connectivity index (χ1v) is 6.55. The summed E-state index contributed by atoms with van der Waals surface area (Å²) in [7, 11) is 0. The van der Waals surface area contributed by atoms with E-state index in [1.165, 1.54) is 12.1 Å². The fourth-order valence-electron chi connectivity index (χ4n) is 1.50. The SMILES string of the molecule is CCC[C@@H](NC(=O)Nc1cc(Cl)c(F)c(Cl)c1)C(=O)O. The molecule has 1 aromatic carbocycles. The first-order chi connectivity index (χ1) is 9.35. The summed E-state index contributed by atoms with van der Waals surface area (Å²) in [6.07, 6.45) is 0.902. The van der Waals surface area contributed by atoms with Gasteiger partial charge in [-0.25, -0.2) is 14.0 Å². The molecule has 0 aliphatic carbocycles. The van der Waals surface area contributed by atoms with Crippen molar-refractivity contribution < 1.29 is 19.1 Å². The highest BCUT2D eigenvalue weighted by Gasteiger charge is 2.19. The zero-order valence-electron chi connectivity index (χ0n) is 10.5. The quantitative estimate of drug-likeness (QED) is 0.726. The lowest BCUT2D eigenvalue weighted by Gasteiger charge is -2.14. The summed E-state index contributed by atoms with van der Waals surface area (Å²) in [6.45, 7) is 1.80. The lowest BCUT2D eigenvalue weighted by atomic mass is 10.2. The van der Waals surface area contributed by atoms with Gasteiger partial charge in [-0.1, -0.05) is 36.5 Å². The summed E-state index contributed by atoms with van der Waals surface area (Å²) in [6, 6.07) is 0.631. The van der Waals surface area contributed by atoms with Crippen molar-refractivity contribution in [3.8, 4) is 0 Å². The zero-order chi connectivity index (χ0) is 15.3. The first kappa shape index (κ1) is 16.5. The Balaban J connectivity index is 2.73. The molecule has 1 aromatic rings. The molecule has 0 saturated carbocycles. The Morgan fingerprint density at radius 3 is 2.35 bits per heavy atom. The van der Waals surface area contributed by atoms with Crippen LogP contribution in [-0.2, 0) is 4.79 Å². The molecule has 0 unspecified atom stereocenters. The molecule has 0 bridgehead atoms. The molecule has 110 valence electrons. The van der Waals surface area contributed by atoms with Crippen molar-refractivity contribution >= 4 is 40.9 Å². The van der Waals surface area contributed by atoms with Gasteiger partial charge in [-0.3, -0.25) is 0 Å². The molecule has 0 saturated heterocycles. The Bertz CT molecular complexity index is 502. The van der Waals surface area contributed by atoms with E-state index in [1.807, 2.05) is 0 Å². The number of hydrogen-bond acceptors (Lipinski definition) is 2. The molecule has 1 rings (SSSR count). The first-order valence-electron chi connectivity index (χ1n) is 5.80. The number of aliphatic carboxylic acids is 1. The maximum Gasteiger partial charge on any atom is 0.326 e. The minimum Gasteiger partial charge on any atom is -0.480 e. The minimum absolute atomic E-state index is 0.166. The van der Waals surface area contributed by atoms with Crippen LogP contribution in [0.2, 0.25) is 10.0 Å². The summed E-state index contributed by atoms with van der Waals surface area (Å²) in [4.78, 5) is 22.5. The lowest BCUT2D eigenvalue weighted by molar-refractivity contribution is -0.139. The fraction of sp³-hybridized carbons (Fsp3) is 0.333. The van der Waals surface area contributed by atoms with Crippen LogP contribution >= 0.6 is 23.2 Å². The molecular formula is C12H13Cl2FN2O3. The van der Waals surface area contributed by atoms with Crippen LogP contribution in [0.1, 0.15) is 19.8 Å². The second-order valence-corrected chi connectivity index (χ2v) is 4.85. The molecule has 5 nitrogen and oxygen atoms in total. The van der Waals surface area contributed by atoms with E-state index >= 15 is 0 Å². The number of hydrogen-bond donors (Lipinski definition) is 3. The van der Waals surface area contributed by atoms with Gasteiger partial charge in [-0.2, -0.15) is 0 Å². The second kappa shape index (κ2) is 7.31. The normalized spacial score (nSPS) is 11.8. The molecule has 8 heteroatoms. The van der Waals surface area contributed by atoms with Crippen LogP contribution in [-0.4, -0.2) is 23.1 Å². The predicted molar refractivity (Wildman–Crippen MR) is 74.9 cm³/mol. The molecule has 0 aliphatic heterocycles. The van der Waals surface area contributed by atoms with E-state index in [0.717, 1.165) is 0 Å². The van der Waals surface area contributed by atoms with Crippen molar-refractivity contribution in [3.63, 3.8) is 0 Å². The van der Waals surface area contributed by atoms with E-state index in [4.69, 9.17) is 28.3 Å². The average molecular weight is 323 g/mol. The summed E-state index contributed by atoms with van der Waals surface area (Å²) >= 11 is 11.2. The van der Waals surface area contributed by atoms with Crippen molar-refractivity contribution in [2.45, 2.75) is 25.8 Å². The molecule has 1 atom stereocenters. The molecule has 2 amide bonds. The zero-order valence-corrected chi connectivity index (χ0v) is 12.1. The topological polar surface area (TPSA) is 78.4 Å². The van der Waals surface area contributed by atoms with E-state index in [1.54, 1.807) is 6.92 Å². The third-order valence-corrected chi connectivity index (χ3v) is 2.97. The maximum atomic E-state index is 13.2. The van der Waals surface area contributed by atoms with Crippen LogP contribution in [0.15, 0.2) is 12.1 Å². The third kappa shape index (κ3) is 4.54. The molecule has 0 aliphatic rings. The smallest absolute Gasteiger partial charge is 0.326 e. The molecule has 0 spiro atoms. The number of halogens is 3. The van der Waals surface area contributed by atoms with Crippen molar-refractivity contribution in [1.82, 2.24) is 5.32 Å².